The molecule has 3 heteroatoms. The second kappa shape index (κ2) is 3.40. The Morgan fingerprint density at radius 3 is 2.79 bits per heavy atom. The van der Waals surface area contributed by atoms with Gasteiger partial charge in [-0.25, -0.2) is 0 Å². The second-order valence-electron chi connectivity index (χ2n) is 4.02. The summed E-state index contributed by atoms with van der Waals surface area (Å²) in [5.41, 5.74) is 2.52. The van der Waals surface area contributed by atoms with Gasteiger partial charge in [-0.3, -0.25) is 10.1 Å². The van der Waals surface area contributed by atoms with Crippen LogP contribution in [0.3, 0.4) is 0 Å². The summed E-state index contributed by atoms with van der Waals surface area (Å²) in [5.74, 6) is 0.774. The summed E-state index contributed by atoms with van der Waals surface area (Å²) in [6, 6.07) is 5.13. The Morgan fingerprint density at radius 1 is 1.50 bits per heavy atom. The number of nitro groups is 1. The topological polar surface area (TPSA) is 43.1 Å². The first-order valence-electron chi connectivity index (χ1n) is 4.91. The zero-order valence-corrected chi connectivity index (χ0v) is 8.19. The van der Waals surface area contributed by atoms with Crippen LogP contribution in [-0.2, 0) is 6.42 Å². The number of aryl methyl sites for hydroxylation is 1. The minimum atomic E-state index is -0.324. The highest BCUT2D eigenvalue weighted by molar-refractivity contribution is 5.39. The molecule has 3 nitrogen and oxygen atoms in total. The monoisotopic (exact) mass is 191 g/mol. The van der Waals surface area contributed by atoms with Crippen LogP contribution in [0, 0.1) is 23.0 Å². The van der Waals surface area contributed by atoms with Crippen LogP contribution in [0.5, 0.6) is 0 Å². The number of hydrogen-bond donors (Lipinski definition) is 0. The SMILES string of the molecule is Cc1ccc([N+](=O)[O-])cc1CC1CC1. The minimum absolute atomic E-state index is 0.214. The molecule has 1 aliphatic carbocycles. The smallest absolute Gasteiger partial charge is 0.258 e. The third-order valence-electron chi connectivity index (χ3n) is 2.75. The summed E-state index contributed by atoms with van der Waals surface area (Å²) in [7, 11) is 0. The minimum Gasteiger partial charge on any atom is -0.258 e. The first-order valence-corrected chi connectivity index (χ1v) is 4.91. The number of non-ortho nitro benzene ring substituents is 1. The molecule has 0 spiro atoms. The molecule has 0 radical (unpaired) electrons. The van der Waals surface area contributed by atoms with Gasteiger partial charge in [0.2, 0.25) is 0 Å². The van der Waals surface area contributed by atoms with E-state index in [1.807, 2.05) is 13.0 Å². The fraction of sp³-hybridized carbons (Fsp3) is 0.455. The van der Waals surface area contributed by atoms with E-state index in [-0.39, 0.29) is 10.6 Å². The molecule has 0 aliphatic heterocycles. The lowest BCUT2D eigenvalue weighted by atomic mass is 10.0. The van der Waals surface area contributed by atoms with Crippen LogP contribution in [0.2, 0.25) is 0 Å². The van der Waals surface area contributed by atoms with E-state index in [9.17, 15) is 10.1 Å². The van der Waals surface area contributed by atoms with Crippen molar-refractivity contribution in [1.29, 1.82) is 0 Å². The Hall–Kier alpha value is -1.38. The second-order valence-corrected chi connectivity index (χ2v) is 4.02. The first kappa shape index (κ1) is 9.19. The summed E-state index contributed by atoms with van der Waals surface area (Å²) in [4.78, 5) is 10.2. The van der Waals surface area contributed by atoms with Crippen molar-refractivity contribution in [1.82, 2.24) is 0 Å². The highest BCUT2D eigenvalue weighted by atomic mass is 16.6. The van der Waals surface area contributed by atoms with Gasteiger partial charge in [-0.2, -0.15) is 0 Å². The van der Waals surface area contributed by atoms with Gasteiger partial charge in [0.05, 0.1) is 4.92 Å². The van der Waals surface area contributed by atoms with E-state index >= 15 is 0 Å². The third kappa shape index (κ3) is 1.92. The van der Waals surface area contributed by atoms with E-state index in [4.69, 9.17) is 0 Å². The summed E-state index contributed by atoms with van der Waals surface area (Å²) in [5, 5.41) is 10.6. The Kier molecular flexibility index (Phi) is 2.23. The predicted octanol–water partition coefficient (Wildman–Crippen LogP) is 2.86. The maximum absolute atomic E-state index is 10.6. The molecule has 74 valence electrons. The van der Waals surface area contributed by atoms with Gasteiger partial charge in [-0.15, -0.1) is 0 Å². The van der Waals surface area contributed by atoms with Crippen molar-refractivity contribution >= 4 is 5.69 Å². The first-order chi connectivity index (χ1) is 6.66. The van der Waals surface area contributed by atoms with Crippen molar-refractivity contribution in [3.63, 3.8) is 0 Å². The Balaban J connectivity index is 2.26. The molecule has 0 N–H and O–H groups in total. The molecule has 0 aromatic heterocycles. The maximum atomic E-state index is 10.6. The van der Waals surface area contributed by atoms with Gasteiger partial charge in [0.15, 0.2) is 0 Å². The number of benzene rings is 1. The van der Waals surface area contributed by atoms with Crippen molar-refractivity contribution in [2.24, 2.45) is 5.92 Å². The molecule has 14 heavy (non-hydrogen) atoms. The number of hydrogen-bond acceptors (Lipinski definition) is 2. The van der Waals surface area contributed by atoms with Crippen LogP contribution in [0.25, 0.3) is 0 Å². The average Bonchev–Trinajstić information content (AvgIpc) is 2.92. The molecular formula is C11H13NO2. The Morgan fingerprint density at radius 2 is 2.21 bits per heavy atom. The van der Waals surface area contributed by atoms with Crippen molar-refractivity contribution in [3.8, 4) is 0 Å². The van der Waals surface area contributed by atoms with E-state index < -0.39 is 0 Å². The van der Waals surface area contributed by atoms with E-state index in [0.717, 1.165) is 17.9 Å². The molecule has 1 fully saturated rings. The van der Waals surface area contributed by atoms with Crippen LogP contribution in [0.1, 0.15) is 24.0 Å². The van der Waals surface area contributed by atoms with Gasteiger partial charge >= 0.3 is 0 Å². The van der Waals surface area contributed by atoms with Crippen molar-refractivity contribution < 1.29 is 4.92 Å². The van der Waals surface area contributed by atoms with Gasteiger partial charge in [0, 0.05) is 12.1 Å². The lowest BCUT2D eigenvalue weighted by molar-refractivity contribution is -0.384. The summed E-state index contributed by atoms with van der Waals surface area (Å²) in [6.45, 7) is 2.02. The highest BCUT2D eigenvalue weighted by Gasteiger charge is 2.23. The zero-order chi connectivity index (χ0) is 10.1. The van der Waals surface area contributed by atoms with E-state index in [2.05, 4.69) is 0 Å². The summed E-state index contributed by atoms with van der Waals surface area (Å²) in [6.07, 6.45) is 3.57. The van der Waals surface area contributed by atoms with Gasteiger partial charge in [-0.1, -0.05) is 6.07 Å². The molecule has 1 aromatic rings. The largest absolute Gasteiger partial charge is 0.269 e. The molecule has 0 amide bonds. The lowest BCUT2D eigenvalue weighted by Crippen LogP contribution is -1.94. The lowest BCUT2D eigenvalue weighted by Gasteiger charge is -2.03. The summed E-state index contributed by atoms with van der Waals surface area (Å²) < 4.78 is 0. The van der Waals surface area contributed by atoms with E-state index in [1.54, 1.807) is 12.1 Å². The van der Waals surface area contributed by atoms with Crippen LogP contribution in [-0.4, -0.2) is 4.92 Å². The molecule has 0 bridgehead atoms. The van der Waals surface area contributed by atoms with Crippen molar-refractivity contribution in [2.45, 2.75) is 26.2 Å². The normalized spacial score (nSPS) is 15.5. The zero-order valence-electron chi connectivity index (χ0n) is 8.19. The van der Waals surface area contributed by atoms with Crippen LogP contribution in [0.15, 0.2) is 18.2 Å². The third-order valence-corrected chi connectivity index (χ3v) is 2.75. The molecular weight excluding hydrogens is 178 g/mol. The van der Waals surface area contributed by atoms with Crippen molar-refractivity contribution in [3.05, 3.63) is 39.4 Å². The Bertz CT molecular complexity index is 370. The molecule has 0 heterocycles. The van der Waals surface area contributed by atoms with Crippen LogP contribution in [0.4, 0.5) is 5.69 Å². The van der Waals surface area contributed by atoms with Gasteiger partial charge in [0.1, 0.15) is 0 Å². The molecule has 1 aromatic carbocycles. The molecule has 0 saturated heterocycles. The Labute approximate surface area is 82.9 Å². The van der Waals surface area contributed by atoms with Crippen LogP contribution < -0.4 is 0 Å². The number of nitro benzene ring substituents is 1. The number of rotatable bonds is 3. The van der Waals surface area contributed by atoms with Gasteiger partial charge < -0.3 is 0 Å². The standard InChI is InChI=1S/C11H13NO2/c1-8-2-5-11(12(13)14)7-10(8)6-9-3-4-9/h2,5,7,9H,3-4,6H2,1H3. The quantitative estimate of drug-likeness (QED) is 0.544. The maximum Gasteiger partial charge on any atom is 0.269 e. The van der Waals surface area contributed by atoms with Gasteiger partial charge in [-0.05, 0) is 43.2 Å². The molecule has 2 rings (SSSR count). The average molecular weight is 191 g/mol. The van der Waals surface area contributed by atoms with Crippen molar-refractivity contribution in [2.75, 3.05) is 0 Å². The van der Waals surface area contributed by atoms with E-state index in [0.29, 0.717) is 0 Å². The van der Waals surface area contributed by atoms with E-state index in [1.165, 1.54) is 18.4 Å². The predicted molar refractivity (Wildman–Crippen MR) is 54.3 cm³/mol. The fourth-order valence-electron chi connectivity index (χ4n) is 1.62. The molecule has 1 saturated carbocycles. The van der Waals surface area contributed by atoms with Crippen LogP contribution >= 0.6 is 0 Å². The fourth-order valence-corrected chi connectivity index (χ4v) is 1.62. The number of nitrogens with zero attached hydrogens (tertiary/aromatic N) is 1. The molecule has 0 unspecified atom stereocenters. The van der Waals surface area contributed by atoms with Gasteiger partial charge in [0.25, 0.3) is 5.69 Å². The summed E-state index contributed by atoms with van der Waals surface area (Å²) >= 11 is 0. The highest BCUT2D eigenvalue weighted by Crippen LogP contribution is 2.34. The molecule has 0 atom stereocenters. The molecule has 1 aliphatic rings.